The Hall–Kier alpha value is -3.70. The number of methoxy groups -OCH3 is 1. The molecule has 1 aliphatic heterocycles. The van der Waals surface area contributed by atoms with E-state index in [1.54, 1.807) is 24.4 Å². The van der Waals surface area contributed by atoms with Gasteiger partial charge in [-0.1, -0.05) is 23.4 Å². The van der Waals surface area contributed by atoms with Crippen LogP contribution in [0.15, 0.2) is 42.6 Å². The van der Waals surface area contributed by atoms with Crippen molar-refractivity contribution in [2.75, 3.05) is 7.11 Å². The summed E-state index contributed by atoms with van der Waals surface area (Å²) in [6.07, 6.45) is 1.62. The summed E-state index contributed by atoms with van der Waals surface area (Å²) in [5.41, 5.74) is -1.75. The molecule has 1 atom stereocenters. The molecule has 1 aromatic heterocycles. The number of nitrogens with one attached hydrogen (secondary N) is 2. The number of nitrogens with zero attached hydrogens (tertiary/aromatic N) is 1. The van der Waals surface area contributed by atoms with Crippen molar-refractivity contribution in [2.24, 2.45) is 0 Å². The van der Waals surface area contributed by atoms with Crippen LogP contribution in [0.5, 0.6) is 11.6 Å². The third-order valence-electron chi connectivity index (χ3n) is 4.76. The second-order valence-electron chi connectivity index (χ2n) is 6.72. The highest BCUT2D eigenvalue weighted by atomic mass is 35.5. The summed E-state index contributed by atoms with van der Waals surface area (Å²) >= 11 is 5.89. The van der Waals surface area contributed by atoms with Crippen LogP contribution >= 0.6 is 11.6 Å². The molecule has 30 heavy (non-hydrogen) atoms. The minimum atomic E-state index is -1.72. The van der Waals surface area contributed by atoms with E-state index >= 15 is 0 Å². The number of hydrogen-bond acceptors (Lipinski definition) is 4. The highest BCUT2D eigenvalue weighted by molar-refractivity contribution is 6.30. The first-order chi connectivity index (χ1) is 14.3. The normalized spacial score (nSPS) is 18.0. The van der Waals surface area contributed by atoms with Crippen LogP contribution in [0, 0.1) is 17.7 Å². The quantitative estimate of drug-likeness (QED) is 0.442. The minimum Gasteiger partial charge on any atom is -0.497 e. The van der Waals surface area contributed by atoms with Gasteiger partial charge in [-0.25, -0.2) is 9.18 Å². The number of imide groups is 1. The Labute approximate surface area is 175 Å². The maximum Gasteiger partial charge on any atom is 0.323 e. The summed E-state index contributed by atoms with van der Waals surface area (Å²) in [5, 5.41) is 16.7. The summed E-state index contributed by atoms with van der Waals surface area (Å²) in [5.74, 6) is 4.32. The maximum atomic E-state index is 14.0. The molecular formula is C21H15ClFN3O4. The van der Waals surface area contributed by atoms with Crippen molar-refractivity contribution in [3.63, 3.8) is 0 Å². The standard InChI is InChI=1S/C21H15ClFN3O4/c1-30-15-4-2-13-10-26(18(27)16(13)9-15)11-21(19(28)24-20(29)25-21)7-6-12-8-14(22)3-5-17(12)23/h2-5,8-10,27H,11H2,1H3,(H2,24,25,28,29)/t21-/m1/s1. The van der Waals surface area contributed by atoms with Crippen LogP contribution in [0.2, 0.25) is 5.02 Å². The number of urea groups is 1. The first-order valence-corrected chi connectivity index (χ1v) is 9.17. The lowest BCUT2D eigenvalue weighted by Gasteiger charge is -2.20. The van der Waals surface area contributed by atoms with Gasteiger partial charge in [0.25, 0.3) is 5.91 Å². The van der Waals surface area contributed by atoms with Crippen molar-refractivity contribution in [1.29, 1.82) is 0 Å². The fourth-order valence-electron chi connectivity index (χ4n) is 3.23. The van der Waals surface area contributed by atoms with Crippen molar-refractivity contribution < 1.29 is 23.8 Å². The molecule has 4 rings (SSSR count). The first kappa shape index (κ1) is 19.6. The molecule has 2 aromatic carbocycles. The Kier molecular flexibility index (Phi) is 4.76. The molecule has 1 aliphatic rings. The number of amides is 3. The molecule has 152 valence electrons. The number of rotatable bonds is 3. The molecule has 9 heteroatoms. The number of hydrogen-bond donors (Lipinski definition) is 3. The van der Waals surface area contributed by atoms with Crippen LogP contribution in [-0.4, -0.2) is 34.3 Å². The van der Waals surface area contributed by atoms with Crippen molar-refractivity contribution in [3.05, 3.63) is 59.0 Å². The lowest BCUT2D eigenvalue weighted by Crippen LogP contribution is -2.49. The largest absolute Gasteiger partial charge is 0.497 e. The van der Waals surface area contributed by atoms with Crippen LogP contribution < -0.4 is 15.4 Å². The van der Waals surface area contributed by atoms with E-state index in [-0.39, 0.29) is 23.0 Å². The van der Waals surface area contributed by atoms with Gasteiger partial charge in [0.1, 0.15) is 11.6 Å². The molecule has 0 aliphatic carbocycles. The minimum absolute atomic E-state index is 0.0255. The van der Waals surface area contributed by atoms with E-state index in [2.05, 4.69) is 22.5 Å². The molecule has 3 amide bonds. The number of benzene rings is 2. The van der Waals surface area contributed by atoms with Crippen LogP contribution in [0.25, 0.3) is 10.8 Å². The number of aromatic nitrogens is 1. The number of halogens is 2. The van der Waals surface area contributed by atoms with E-state index in [9.17, 15) is 19.1 Å². The average Bonchev–Trinajstić information content (AvgIpc) is 3.18. The van der Waals surface area contributed by atoms with Gasteiger partial charge in [0, 0.05) is 22.0 Å². The van der Waals surface area contributed by atoms with E-state index in [0.717, 1.165) is 6.07 Å². The van der Waals surface area contributed by atoms with Crippen molar-refractivity contribution in [2.45, 2.75) is 12.1 Å². The van der Waals surface area contributed by atoms with Gasteiger partial charge < -0.3 is 19.7 Å². The Morgan fingerprint density at radius 2 is 2.07 bits per heavy atom. The summed E-state index contributed by atoms with van der Waals surface area (Å²) in [6.45, 7) is -0.206. The molecule has 7 nitrogen and oxygen atoms in total. The average molecular weight is 428 g/mol. The van der Waals surface area contributed by atoms with Crippen molar-refractivity contribution >= 4 is 34.3 Å². The summed E-state index contributed by atoms with van der Waals surface area (Å²) < 4.78 is 20.6. The van der Waals surface area contributed by atoms with Gasteiger partial charge in [0.2, 0.25) is 5.54 Å². The molecule has 3 N–H and O–H groups in total. The highest BCUT2D eigenvalue weighted by Gasteiger charge is 2.46. The lowest BCUT2D eigenvalue weighted by atomic mass is 9.99. The molecule has 0 saturated carbocycles. The maximum absolute atomic E-state index is 14.0. The van der Waals surface area contributed by atoms with E-state index in [0.29, 0.717) is 16.5 Å². The molecular weight excluding hydrogens is 413 g/mol. The Bertz CT molecular complexity index is 1260. The van der Waals surface area contributed by atoms with Crippen LogP contribution in [-0.2, 0) is 11.3 Å². The summed E-state index contributed by atoms with van der Waals surface area (Å²) in [4.78, 5) is 24.4. The fraction of sp³-hybridized carbons (Fsp3) is 0.143. The van der Waals surface area contributed by atoms with E-state index in [4.69, 9.17) is 16.3 Å². The first-order valence-electron chi connectivity index (χ1n) is 8.79. The number of ether oxygens (including phenoxy) is 1. The van der Waals surface area contributed by atoms with Gasteiger partial charge in [0.15, 0.2) is 5.88 Å². The molecule has 0 bridgehead atoms. The fourth-order valence-corrected chi connectivity index (χ4v) is 3.40. The number of carbonyl (C=O) groups is 2. The molecule has 2 heterocycles. The number of carbonyl (C=O) groups excluding carboxylic acids is 2. The Morgan fingerprint density at radius 3 is 2.77 bits per heavy atom. The highest BCUT2D eigenvalue weighted by Crippen LogP contribution is 2.32. The molecule has 1 saturated heterocycles. The SMILES string of the molecule is COc1ccc2cn(C[C@@]3(C#Cc4cc(Cl)ccc4F)NC(=O)NC3=O)c(O)c2c1. The van der Waals surface area contributed by atoms with Gasteiger partial charge >= 0.3 is 6.03 Å². The number of aromatic hydroxyl groups is 1. The molecule has 3 aromatic rings. The zero-order valence-corrected chi connectivity index (χ0v) is 16.4. The molecule has 0 radical (unpaired) electrons. The summed E-state index contributed by atoms with van der Waals surface area (Å²) in [7, 11) is 1.51. The Morgan fingerprint density at radius 1 is 1.27 bits per heavy atom. The lowest BCUT2D eigenvalue weighted by molar-refractivity contribution is -0.122. The Balaban J connectivity index is 1.78. The van der Waals surface area contributed by atoms with Gasteiger partial charge in [0.05, 0.1) is 19.2 Å². The monoisotopic (exact) mass is 427 g/mol. The number of fused-ring (bicyclic) bond motifs is 1. The van der Waals surface area contributed by atoms with Gasteiger partial charge in [-0.05, 0) is 36.4 Å². The third-order valence-corrected chi connectivity index (χ3v) is 4.99. The van der Waals surface area contributed by atoms with Gasteiger partial charge in [-0.2, -0.15) is 0 Å². The third kappa shape index (κ3) is 3.40. The smallest absolute Gasteiger partial charge is 0.323 e. The van der Waals surface area contributed by atoms with Crippen LogP contribution in [0.1, 0.15) is 5.56 Å². The van der Waals surface area contributed by atoms with E-state index in [1.165, 1.54) is 23.8 Å². The van der Waals surface area contributed by atoms with E-state index < -0.39 is 23.3 Å². The second-order valence-corrected chi connectivity index (χ2v) is 7.16. The predicted molar refractivity (Wildman–Crippen MR) is 108 cm³/mol. The predicted octanol–water partition coefficient (Wildman–Crippen LogP) is 2.78. The van der Waals surface area contributed by atoms with Crippen LogP contribution in [0.4, 0.5) is 9.18 Å². The van der Waals surface area contributed by atoms with E-state index in [1.807, 2.05) is 0 Å². The topological polar surface area (TPSA) is 92.6 Å². The van der Waals surface area contributed by atoms with Crippen LogP contribution in [0.3, 0.4) is 0 Å². The molecule has 0 unspecified atom stereocenters. The second kappa shape index (κ2) is 7.28. The van der Waals surface area contributed by atoms with Gasteiger partial charge in [-0.3, -0.25) is 10.1 Å². The van der Waals surface area contributed by atoms with Crippen molar-refractivity contribution in [3.8, 4) is 23.5 Å². The molecule has 0 spiro atoms. The zero-order chi connectivity index (χ0) is 21.5. The zero-order valence-electron chi connectivity index (χ0n) is 15.6. The van der Waals surface area contributed by atoms with Gasteiger partial charge in [-0.15, -0.1) is 0 Å². The molecule has 1 fully saturated rings. The summed E-state index contributed by atoms with van der Waals surface area (Å²) in [6, 6.07) is 8.24. The van der Waals surface area contributed by atoms with Crippen molar-refractivity contribution in [1.82, 2.24) is 15.2 Å².